The van der Waals surface area contributed by atoms with Gasteiger partial charge in [0.2, 0.25) is 5.91 Å². The number of nitrogens with one attached hydrogen (secondary N) is 3. The molecule has 1 atom stereocenters. The van der Waals surface area contributed by atoms with Gasteiger partial charge in [0.05, 0.1) is 29.7 Å². The molecule has 2 heterocycles. The summed E-state index contributed by atoms with van der Waals surface area (Å²) in [6.07, 6.45) is 0. The Morgan fingerprint density at radius 3 is 2.68 bits per heavy atom. The van der Waals surface area contributed by atoms with Crippen molar-refractivity contribution in [1.82, 2.24) is 15.6 Å². The van der Waals surface area contributed by atoms with Crippen LogP contribution in [0.5, 0.6) is 0 Å². The first-order chi connectivity index (χ1) is 12.0. The normalized spacial score (nSPS) is 14.5. The van der Waals surface area contributed by atoms with Gasteiger partial charge in [0.1, 0.15) is 5.82 Å². The second-order valence-corrected chi connectivity index (χ2v) is 6.07. The first kappa shape index (κ1) is 17.2. The van der Waals surface area contributed by atoms with Gasteiger partial charge in [-0.3, -0.25) is 9.69 Å². The fourth-order valence-electron chi connectivity index (χ4n) is 2.46. The Morgan fingerprint density at radius 1 is 1.28 bits per heavy atom. The number of likely N-dealkylation sites (N-methyl/N-ethyl adjacent to an activating group) is 1. The van der Waals surface area contributed by atoms with Crippen molar-refractivity contribution < 1.29 is 9.59 Å². The Labute approximate surface area is 150 Å². The minimum atomic E-state index is -0.330. The predicted molar refractivity (Wildman–Crippen MR) is 97.2 cm³/mol. The molecule has 1 aliphatic heterocycles. The number of carbonyl (C=O) groups excluding carboxylic acids is 2. The third-order valence-corrected chi connectivity index (χ3v) is 4.22. The zero-order chi connectivity index (χ0) is 18.0. The maximum atomic E-state index is 12.3. The number of urea groups is 1. The van der Waals surface area contributed by atoms with E-state index in [0.29, 0.717) is 34.5 Å². The Kier molecular flexibility index (Phi) is 4.87. The van der Waals surface area contributed by atoms with Gasteiger partial charge in [-0.2, -0.15) is 0 Å². The molecule has 0 spiro atoms. The molecule has 25 heavy (non-hydrogen) atoms. The van der Waals surface area contributed by atoms with Crippen LogP contribution in [0.25, 0.3) is 0 Å². The van der Waals surface area contributed by atoms with Gasteiger partial charge in [0.25, 0.3) is 0 Å². The van der Waals surface area contributed by atoms with Gasteiger partial charge in [0.15, 0.2) is 0 Å². The van der Waals surface area contributed by atoms with E-state index < -0.39 is 0 Å². The summed E-state index contributed by atoms with van der Waals surface area (Å²) in [4.78, 5) is 30.3. The van der Waals surface area contributed by atoms with Crippen LogP contribution >= 0.6 is 11.6 Å². The molecule has 3 N–H and O–H groups in total. The van der Waals surface area contributed by atoms with Gasteiger partial charge in [-0.05, 0) is 50.4 Å². The number of hydrogen-bond donors (Lipinski definition) is 3. The molecule has 2 aromatic rings. The highest BCUT2D eigenvalue weighted by molar-refractivity contribution is 6.30. The van der Waals surface area contributed by atoms with Gasteiger partial charge in [0, 0.05) is 5.02 Å². The SMILES string of the molecule is CN[C@@H](C)C(=O)Nc1ccc2c(n1)CNC(=O)N2c1ccc(Cl)cc1. The topological polar surface area (TPSA) is 86.4 Å². The highest BCUT2D eigenvalue weighted by Gasteiger charge is 2.26. The summed E-state index contributed by atoms with van der Waals surface area (Å²) in [5.74, 6) is 0.266. The summed E-state index contributed by atoms with van der Waals surface area (Å²) < 4.78 is 0. The number of carbonyl (C=O) groups is 2. The summed E-state index contributed by atoms with van der Waals surface area (Å²) >= 11 is 5.92. The van der Waals surface area contributed by atoms with Gasteiger partial charge in [-0.15, -0.1) is 0 Å². The van der Waals surface area contributed by atoms with E-state index in [1.807, 2.05) is 0 Å². The molecule has 0 aliphatic carbocycles. The third-order valence-electron chi connectivity index (χ3n) is 3.96. The zero-order valence-corrected chi connectivity index (χ0v) is 14.6. The van der Waals surface area contributed by atoms with Gasteiger partial charge >= 0.3 is 6.03 Å². The van der Waals surface area contributed by atoms with Crippen molar-refractivity contribution in [2.75, 3.05) is 17.3 Å². The van der Waals surface area contributed by atoms with Crippen LogP contribution < -0.4 is 20.9 Å². The third kappa shape index (κ3) is 3.57. The van der Waals surface area contributed by atoms with Crippen molar-refractivity contribution in [2.45, 2.75) is 19.5 Å². The first-order valence-corrected chi connectivity index (χ1v) is 8.19. The number of hydrogen-bond acceptors (Lipinski definition) is 4. The molecule has 3 rings (SSSR count). The van der Waals surface area contributed by atoms with Crippen molar-refractivity contribution >= 4 is 40.7 Å². The maximum Gasteiger partial charge on any atom is 0.326 e. The molecule has 0 radical (unpaired) electrons. The summed E-state index contributed by atoms with van der Waals surface area (Å²) in [6.45, 7) is 2.06. The number of rotatable bonds is 4. The molecular weight excluding hydrogens is 342 g/mol. The average Bonchev–Trinajstić information content (AvgIpc) is 2.62. The van der Waals surface area contributed by atoms with E-state index in [4.69, 9.17) is 11.6 Å². The minimum absolute atomic E-state index is 0.177. The lowest BCUT2D eigenvalue weighted by Gasteiger charge is -2.29. The van der Waals surface area contributed by atoms with Crippen LogP contribution in [0.15, 0.2) is 36.4 Å². The summed E-state index contributed by atoms with van der Waals surface area (Å²) in [5.41, 5.74) is 2.03. The van der Waals surface area contributed by atoms with Crippen molar-refractivity contribution in [1.29, 1.82) is 0 Å². The van der Waals surface area contributed by atoms with E-state index in [1.54, 1.807) is 50.4 Å². The van der Waals surface area contributed by atoms with E-state index in [1.165, 1.54) is 4.90 Å². The van der Waals surface area contributed by atoms with Crippen molar-refractivity contribution in [3.63, 3.8) is 0 Å². The van der Waals surface area contributed by atoms with Crippen LogP contribution in [-0.4, -0.2) is 30.0 Å². The van der Waals surface area contributed by atoms with E-state index in [-0.39, 0.29) is 18.0 Å². The lowest BCUT2D eigenvalue weighted by Crippen LogP contribution is -2.41. The Balaban J connectivity index is 1.91. The molecule has 8 heteroatoms. The molecular formula is C17H18ClN5O2. The molecule has 3 amide bonds. The number of pyridine rings is 1. The summed E-state index contributed by atoms with van der Waals surface area (Å²) in [6, 6.07) is 9.86. The second kappa shape index (κ2) is 7.08. The van der Waals surface area contributed by atoms with E-state index in [9.17, 15) is 9.59 Å². The quantitative estimate of drug-likeness (QED) is 0.783. The predicted octanol–water partition coefficient (Wildman–Crippen LogP) is 2.64. The first-order valence-electron chi connectivity index (χ1n) is 7.81. The Bertz CT molecular complexity index is 809. The number of halogens is 1. The molecule has 1 aromatic heterocycles. The smallest absolute Gasteiger partial charge is 0.326 e. The second-order valence-electron chi connectivity index (χ2n) is 5.63. The molecule has 7 nitrogen and oxygen atoms in total. The highest BCUT2D eigenvalue weighted by Crippen LogP contribution is 2.32. The van der Waals surface area contributed by atoms with Crippen LogP contribution in [-0.2, 0) is 11.3 Å². The number of benzene rings is 1. The number of anilines is 3. The fraction of sp³-hybridized carbons (Fsp3) is 0.235. The van der Waals surface area contributed by atoms with Crippen LogP contribution in [0.4, 0.5) is 22.0 Å². The molecule has 130 valence electrons. The molecule has 1 aromatic carbocycles. The van der Waals surface area contributed by atoms with E-state index in [0.717, 1.165) is 0 Å². The van der Waals surface area contributed by atoms with Crippen LogP contribution in [0.1, 0.15) is 12.6 Å². The zero-order valence-electron chi connectivity index (χ0n) is 13.8. The van der Waals surface area contributed by atoms with Gasteiger partial charge < -0.3 is 16.0 Å². The van der Waals surface area contributed by atoms with Gasteiger partial charge in [-0.1, -0.05) is 11.6 Å². The van der Waals surface area contributed by atoms with Gasteiger partial charge in [-0.25, -0.2) is 9.78 Å². The lowest BCUT2D eigenvalue weighted by atomic mass is 10.2. The lowest BCUT2D eigenvalue weighted by molar-refractivity contribution is -0.117. The molecule has 1 aliphatic rings. The Morgan fingerprint density at radius 2 is 2.00 bits per heavy atom. The monoisotopic (exact) mass is 359 g/mol. The fourth-order valence-corrected chi connectivity index (χ4v) is 2.58. The number of aromatic nitrogens is 1. The number of amides is 3. The standard InChI is InChI=1S/C17H18ClN5O2/c1-10(19-2)16(24)22-15-8-7-14-13(21-15)9-20-17(25)23(14)12-5-3-11(18)4-6-12/h3-8,10,19H,9H2,1-2H3,(H,20,25)(H,21,22,24)/t10-/m0/s1. The van der Waals surface area contributed by atoms with Crippen molar-refractivity contribution in [2.24, 2.45) is 0 Å². The number of nitrogens with zero attached hydrogens (tertiary/aromatic N) is 2. The molecule has 0 saturated carbocycles. The molecule has 0 fully saturated rings. The van der Waals surface area contributed by atoms with Crippen molar-refractivity contribution in [3.05, 3.63) is 47.1 Å². The minimum Gasteiger partial charge on any atom is -0.332 e. The number of fused-ring (bicyclic) bond motifs is 1. The largest absolute Gasteiger partial charge is 0.332 e. The summed E-state index contributed by atoms with van der Waals surface area (Å²) in [5, 5.41) is 9.00. The molecule has 0 saturated heterocycles. The average molecular weight is 360 g/mol. The van der Waals surface area contributed by atoms with Crippen LogP contribution in [0.3, 0.4) is 0 Å². The van der Waals surface area contributed by atoms with E-state index in [2.05, 4.69) is 20.9 Å². The van der Waals surface area contributed by atoms with E-state index >= 15 is 0 Å². The highest BCUT2D eigenvalue weighted by atomic mass is 35.5. The van der Waals surface area contributed by atoms with Crippen LogP contribution in [0, 0.1) is 0 Å². The Hall–Kier alpha value is -2.64. The maximum absolute atomic E-state index is 12.3. The summed E-state index contributed by atoms with van der Waals surface area (Å²) in [7, 11) is 1.71. The van der Waals surface area contributed by atoms with Crippen molar-refractivity contribution in [3.8, 4) is 0 Å². The van der Waals surface area contributed by atoms with Crippen LogP contribution in [0.2, 0.25) is 5.02 Å². The molecule has 0 bridgehead atoms. The molecule has 0 unspecified atom stereocenters.